The summed E-state index contributed by atoms with van der Waals surface area (Å²) in [7, 11) is 0. The molecule has 0 heterocycles. The summed E-state index contributed by atoms with van der Waals surface area (Å²) in [5.41, 5.74) is 0. The van der Waals surface area contributed by atoms with Gasteiger partial charge in [0.05, 0.1) is 0 Å². The molecule has 0 spiro atoms. The number of rotatable bonds is 14. The molecule has 0 bridgehead atoms. The molecule has 0 N–H and O–H groups in total. The van der Waals surface area contributed by atoms with Crippen LogP contribution >= 0.6 is 0 Å². The minimum Gasteiger partial charge on any atom is -0.381 e. The third kappa shape index (κ3) is 16.2. The second kappa shape index (κ2) is 20.0. The maximum atomic E-state index is 5.88. The predicted molar refractivity (Wildman–Crippen MR) is 100 cm³/mol. The van der Waals surface area contributed by atoms with Crippen molar-refractivity contribution in [2.75, 3.05) is 13.2 Å². The number of ether oxygens (including phenoxy) is 1. The third-order valence-corrected chi connectivity index (χ3v) is 4.13. The van der Waals surface area contributed by atoms with Crippen LogP contribution in [0.5, 0.6) is 0 Å². The smallest absolute Gasteiger partial charge is 0.0468 e. The van der Waals surface area contributed by atoms with E-state index in [-0.39, 0.29) is 14.9 Å². The van der Waals surface area contributed by atoms with Crippen LogP contribution in [0.4, 0.5) is 0 Å². The van der Waals surface area contributed by atoms with Gasteiger partial charge in [0.25, 0.3) is 0 Å². The van der Waals surface area contributed by atoms with E-state index >= 15 is 0 Å². The zero-order valence-corrected chi connectivity index (χ0v) is 14.0. The Morgan fingerprint density at radius 1 is 0.524 bits per heavy atom. The molecule has 0 aromatic rings. The zero-order chi connectivity index (χ0) is 14.3. The second-order valence-corrected chi connectivity index (χ2v) is 6.08. The molecule has 1 nitrogen and oxygen atoms in total. The average Bonchev–Trinajstić information content (AvgIpc) is 2.39. The molecule has 0 aliphatic carbocycles. The summed E-state index contributed by atoms with van der Waals surface area (Å²) in [6, 6.07) is 0. The fourth-order valence-corrected chi connectivity index (χ4v) is 3.10. The molecule has 0 fully saturated rings. The van der Waals surface area contributed by atoms with E-state index in [4.69, 9.17) is 4.74 Å². The van der Waals surface area contributed by atoms with Gasteiger partial charge in [0.2, 0.25) is 0 Å². The predicted octanol–water partition coefficient (Wildman–Crippen LogP) is 7.49. The number of hydrogen-bond acceptors (Lipinski definition) is 1. The number of hydrogen-bond donors (Lipinski definition) is 0. The van der Waals surface area contributed by atoms with Gasteiger partial charge >= 0.3 is 0 Å². The standard InChI is InChI=1S/C18H38O.2CH4/c1-5-9-17(10-6-2)13-15-19-16-14-18(11-7-3)12-8-4;;/h17-18H,5-16H2,1-4H3;2*1H4. The lowest BCUT2D eigenvalue weighted by molar-refractivity contribution is 0.102. The van der Waals surface area contributed by atoms with Gasteiger partial charge in [-0.2, -0.15) is 0 Å². The van der Waals surface area contributed by atoms with Crippen molar-refractivity contribution in [3.63, 3.8) is 0 Å². The van der Waals surface area contributed by atoms with Crippen LogP contribution in [0.1, 0.15) is 107 Å². The monoisotopic (exact) mass is 302 g/mol. The Hall–Kier alpha value is -0.0400. The molecule has 1 heteroatoms. The van der Waals surface area contributed by atoms with E-state index in [1.165, 1.54) is 64.2 Å². The molecular weight excluding hydrogens is 256 g/mol. The van der Waals surface area contributed by atoms with E-state index < -0.39 is 0 Å². The first-order valence-corrected chi connectivity index (χ1v) is 8.86. The van der Waals surface area contributed by atoms with Gasteiger partial charge in [0.1, 0.15) is 0 Å². The van der Waals surface area contributed by atoms with Gasteiger partial charge in [-0.3, -0.25) is 0 Å². The molecule has 0 aliphatic rings. The first-order valence-electron chi connectivity index (χ1n) is 8.86. The van der Waals surface area contributed by atoms with Gasteiger partial charge in [-0.25, -0.2) is 0 Å². The minimum atomic E-state index is 0. The zero-order valence-electron chi connectivity index (χ0n) is 14.0. The lowest BCUT2D eigenvalue weighted by Crippen LogP contribution is -2.09. The molecule has 0 aromatic carbocycles. The fourth-order valence-electron chi connectivity index (χ4n) is 3.10. The van der Waals surface area contributed by atoms with Crippen LogP contribution in [0, 0.1) is 11.8 Å². The average molecular weight is 303 g/mol. The maximum absolute atomic E-state index is 5.88. The Morgan fingerprint density at radius 3 is 1.05 bits per heavy atom. The molecule has 0 aromatic heterocycles. The van der Waals surface area contributed by atoms with Crippen molar-refractivity contribution < 1.29 is 4.74 Å². The molecule has 0 aliphatic heterocycles. The van der Waals surface area contributed by atoms with Crippen LogP contribution < -0.4 is 0 Å². The molecular formula is C20H46O. The van der Waals surface area contributed by atoms with Crippen LogP contribution in [0.25, 0.3) is 0 Å². The lowest BCUT2D eigenvalue weighted by atomic mass is 9.95. The van der Waals surface area contributed by atoms with E-state index in [1.54, 1.807) is 0 Å². The molecule has 0 saturated heterocycles. The Balaban J connectivity index is -0.00000162. The minimum absolute atomic E-state index is 0. The summed E-state index contributed by atoms with van der Waals surface area (Å²) in [4.78, 5) is 0. The normalized spacial score (nSPS) is 10.6. The molecule has 0 unspecified atom stereocenters. The van der Waals surface area contributed by atoms with E-state index in [9.17, 15) is 0 Å². The quantitative estimate of drug-likeness (QED) is 0.302. The summed E-state index contributed by atoms with van der Waals surface area (Å²) in [5, 5.41) is 0. The molecule has 0 radical (unpaired) electrons. The van der Waals surface area contributed by atoms with Crippen LogP contribution in [-0.2, 0) is 4.74 Å². The molecule has 0 atom stereocenters. The van der Waals surface area contributed by atoms with Gasteiger partial charge in [-0.1, -0.05) is 93.9 Å². The Bertz CT molecular complexity index is 137. The van der Waals surface area contributed by atoms with Gasteiger partial charge in [-0.15, -0.1) is 0 Å². The Kier molecular flexibility index (Phi) is 24.6. The van der Waals surface area contributed by atoms with E-state index in [1.807, 2.05) is 0 Å². The van der Waals surface area contributed by atoms with Gasteiger partial charge in [0, 0.05) is 13.2 Å². The highest BCUT2D eigenvalue weighted by molar-refractivity contribution is 4.60. The second-order valence-electron chi connectivity index (χ2n) is 6.08. The summed E-state index contributed by atoms with van der Waals surface area (Å²) in [6.07, 6.45) is 13.3. The summed E-state index contributed by atoms with van der Waals surface area (Å²) >= 11 is 0. The van der Waals surface area contributed by atoms with Crippen LogP contribution in [-0.4, -0.2) is 13.2 Å². The van der Waals surface area contributed by atoms with Crippen LogP contribution in [0.15, 0.2) is 0 Å². The van der Waals surface area contributed by atoms with Crippen molar-refractivity contribution in [3.05, 3.63) is 0 Å². The first kappa shape index (κ1) is 25.9. The highest BCUT2D eigenvalue weighted by atomic mass is 16.5. The third-order valence-electron chi connectivity index (χ3n) is 4.13. The van der Waals surface area contributed by atoms with Crippen LogP contribution in [0.2, 0.25) is 0 Å². The van der Waals surface area contributed by atoms with Crippen molar-refractivity contribution in [1.29, 1.82) is 0 Å². The van der Waals surface area contributed by atoms with E-state index in [2.05, 4.69) is 27.7 Å². The summed E-state index contributed by atoms with van der Waals surface area (Å²) < 4.78 is 5.88. The van der Waals surface area contributed by atoms with Gasteiger partial charge in [0.15, 0.2) is 0 Å². The van der Waals surface area contributed by atoms with E-state index in [0.29, 0.717) is 0 Å². The summed E-state index contributed by atoms with van der Waals surface area (Å²) in [5.74, 6) is 1.80. The molecule has 132 valence electrons. The van der Waals surface area contributed by atoms with E-state index in [0.717, 1.165) is 25.0 Å². The molecule has 0 rings (SSSR count). The lowest BCUT2D eigenvalue weighted by Gasteiger charge is -2.17. The molecule has 21 heavy (non-hydrogen) atoms. The van der Waals surface area contributed by atoms with Crippen molar-refractivity contribution in [1.82, 2.24) is 0 Å². The van der Waals surface area contributed by atoms with Gasteiger partial charge < -0.3 is 4.74 Å². The van der Waals surface area contributed by atoms with Gasteiger partial charge in [-0.05, 0) is 24.7 Å². The van der Waals surface area contributed by atoms with Crippen molar-refractivity contribution in [2.45, 2.75) is 107 Å². The van der Waals surface area contributed by atoms with Crippen molar-refractivity contribution >= 4 is 0 Å². The molecule has 0 amide bonds. The largest absolute Gasteiger partial charge is 0.381 e. The SMILES string of the molecule is C.C.CCCC(CCC)CCOCCC(CCC)CCC. The highest BCUT2D eigenvalue weighted by Crippen LogP contribution is 2.19. The molecule has 0 saturated carbocycles. The first-order chi connectivity index (χ1) is 9.28. The Labute approximate surface area is 137 Å². The van der Waals surface area contributed by atoms with Crippen molar-refractivity contribution in [3.8, 4) is 0 Å². The maximum Gasteiger partial charge on any atom is 0.0468 e. The Morgan fingerprint density at radius 2 is 0.810 bits per heavy atom. The topological polar surface area (TPSA) is 9.23 Å². The fraction of sp³-hybridized carbons (Fsp3) is 1.00. The summed E-state index contributed by atoms with van der Waals surface area (Å²) in [6.45, 7) is 11.1. The van der Waals surface area contributed by atoms with Crippen molar-refractivity contribution in [2.24, 2.45) is 11.8 Å². The highest BCUT2D eigenvalue weighted by Gasteiger charge is 2.08. The van der Waals surface area contributed by atoms with Crippen LogP contribution in [0.3, 0.4) is 0 Å².